The molecular formula is C16H22FNO2. The van der Waals surface area contributed by atoms with E-state index in [-0.39, 0.29) is 11.5 Å². The molecule has 0 spiro atoms. The van der Waals surface area contributed by atoms with Crippen LogP contribution >= 0.6 is 0 Å². The summed E-state index contributed by atoms with van der Waals surface area (Å²) in [5.74, 6) is 1.39. The van der Waals surface area contributed by atoms with Crippen LogP contribution in [0, 0.1) is 0 Å². The van der Waals surface area contributed by atoms with Crippen LogP contribution < -0.4 is 15.2 Å². The SMILES string of the molecule is CC(F)c1cc2c(cc1C1(C(C)N)CC1)OCCCO2. The number of hydrogen-bond acceptors (Lipinski definition) is 3. The first-order chi connectivity index (χ1) is 9.54. The molecule has 1 aliphatic carbocycles. The third-order valence-electron chi connectivity index (χ3n) is 4.54. The molecule has 110 valence electrons. The van der Waals surface area contributed by atoms with Crippen molar-refractivity contribution >= 4 is 0 Å². The summed E-state index contributed by atoms with van der Waals surface area (Å²) >= 11 is 0. The van der Waals surface area contributed by atoms with Gasteiger partial charge in [-0.1, -0.05) is 0 Å². The topological polar surface area (TPSA) is 44.5 Å². The van der Waals surface area contributed by atoms with Crippen molar-refractivity contribution in [3.8, 4) is 11.5 Å². The Labute approximate surface area is 119 Å². The van der Waals surface area contributed by atoms with Gasteiger partial charge in [0, 0.05) is 17.9 Å². The van der Waals surface area contributed by atoms with Crippen LogP contribution in [0.2, 0.25) is 0 Å². The lowest BCUT2D eigenvalue weighted by molar-refractivity contribution is 0.296. The zero-order valence-corrected chi connectivity index (χ0v) is 12.1. The van der Waals surface area contributed by atoms with Gasteiger partial charge >= 0.3 is 0 Å². The van der Waals surface area contributed by atoms with E-state index < -0.39 is 6.17 Å². The summed E-state index contributed by atoms with van der Waals surface area (Å²) in [5.41, 5.74) is 7.77. The van der Waals surface area contributed by atoms with E-state index in [0.29, 0.717) is 24.5 Å². The van der Waals surface area contributed by atoms with E-state index in [1.807, 2.05) is 19.1 Å². The lowest BCUT2D eigenvalue weighted by atomic mass is 9.84. The summed E-state index contributed by atoms with van der Waals surface area (Å²) in [6.45, 7) is 4.83. The molecule has 2 N–H and O–H groups in total. The highest BCUT2D eigenvalue weighted by Gasteiger charge is 2.49. The lowest BCUT2D eigenvalue weighted by Crippen LogP contribution is -2.32. The van der Waals surface area contributed by atoms with Gasteiger partial charge < -0.3 is 15.2 Å². The Morgan fingerprint density at radius 2 is 1.75 bits per heavy atom. The Morgan fingerprint density at radius 3 is 2.25 bits per heavy atom. The largest absolute Gasteiger partial charge is 0.490 e. The Hall–Kier alpha value is -1.29. The van der Waals surface area contributed by atoms with Gasteiger partial charge in [0.05, 0.1) is 13.2 Å². The number of hydrogen-bond donors (Lipinski definition) is 1. The van der Waals surface area contributed by atoms with Gasteiger partial charge in [-0.2, -0.15) is 0 Å². The molecule has 0 aromatic heterocycles. The number of fused-ring (bicyclic) bond motifs is 1. The van der Waals surface area contributed by atoms with Gasteiger partial charge in [0.15, 0.2) is 11.5 Å². The summed E-state index contributed by atoms with van der Waals surface area (Å²) in [5, 5.41) is 0. The minimum atomic E-state index is -1.03. The number of alkyl halides is 1. The molecule has 0 saturated heterocycles. The molecule has 0 radical (unpaired) electrons. The molecule has 1 aromatic rings. The molecule has 2 aliphatic rings. The highest BCUT2D eigenvalue weighted by molar-refractivity contribution is 5.53. The quantitative estimate of drug-likeness (QED) is 0.923. The van der Waals surface area contributed by atoms with Gasteiger partial charge in [-0.25, -0.2) is 4.39 Å². The normalized spacial score (nSPS) is 22.8. The maximum absolute atomic E-state index is 14.1. The second-order valence-electron chi connectivity index (χ2n) is 6.00. The van der Waals surface area contributed by atoms with Gasteiger partial charge in [-0.15, -0.1) is 0 Å². The zero-order valence-electron chi connectivity index (χ0n) is 12.1. The first kappa shape index (κ1) is 13.7. The molecule has 4 heteroatoms. The van der Waals surface area contributed by atoms with E-state index in [1.165, 1.54) is 0 Å². The molecule has 3 nitrogen and oxygen atoms in total. The monoisotopic (exact) mass is 279 g/mol. The number of ether oxygens (including phenoxy) is 2. The maximum atomic E-state index is 14.1. The van der Waals surface area contributed by atoms with Crippen molar-refractivity contribution in [3.63, 3.8) is 0 Å². The number of halogens is 1. The molecule has 2 atom stereocenters. The standard InChI is InChI=1S/C16H22FNO2/c1-10(17)12-8-14-15(20-7-3-6-19-14)9-13(12)16(4-5-16)11(2)18/h8-11H,3-7,18H2,1-2H3. The van der Waals surface area contributed by atoms with Crippen molar-refractivity contribution in [3.05, 3.63) is 23.3 Å². The van der Waals surface area contributed by atoms with Crippen LogP contribution in [0.1, 0.15) is 50.4 Å². The molecule has 1 fully saturated rings. The summed E-state index contributed by atoms with van der Waals surface area (Å²) < 4.78 is 25.5. The molecule has 1 saturated carbocycles. The average Bonchev–Trinajstić information content (AvgIpc) is 3.21. The van der Waals surface area contributed by atoms with Gasteiger partial charge in [0.25, 0.3) is 0 Å². The summed E-state index contributed by atoms with van der Waals surface area (Å²) in [6.07, 6.45) is 1.86. The summed E-state index contributed by atoms with van der Waals surface area (Å²) in [6, 6.07) is 3.79. The molecule has 3 rings (SSSR count). The number of rotatable bonds is 3. The third kappa shape index (κ3) is 2.16. The van der Waals surface area contributed by atoms with Crippen LogP contribution in [0.15, 0.2) is 12.1 Å². The van der Waals surface area contributed by atoms with Crippen molar-refractivity contribution in [2.24, 2.45) is 5.73 Å². The molecule has 2 unspecified atom stereocenters. The van der Waals surface area contributed by atoms with Gasteiger partial charge in [0.2, 0.25) is 0 Å². The first-order valence-electron chi connectivity index (χ1n) is 7.38. The van der Waals surface area contributed by atoms with Gasteiger partial charge in [-0.05, 0) is 49.9 Å². The molecule has 0 bridgehead atoms. The average molecular weight is 279 g/mol. The van der Waals surface area contributed by atoms with E-state index in [9.17, 15) is 4.39 Å². The highest BCUT2D eigenvalue weighted by atomic mass is 19.1. The Bertz CT molecular complexity index is 509. The molecule has 1 aliphatic heterocycles. The molecular weight excluding hydrogens is 257 g/mol. The molecule has 0 amide bonds. The van der Waals surface area contributed by atoms with Crippen LogP contribution in [0.5, 0.6) is 11.5 Å². The van der Waals surface area contributed by atoms with Crippen LogP contribution in [-0.4, -0.2) is 19.3 Å². The van der Waals surface area contributed by atoms with Crippen LogP contribution in [-0.2, 0) is 5.41 Å². The van der Waals surface area contributed by atoms with Crippen molar-refractivity contribution in [1.82, 2.24) is 0 Å². The summed E-state index contributed by atoms with van der Waals surface area (Å²) in [4.78, 5) is 0. The predicted molar refractivity (Wildman–Crippen MR) is 76.1 cm³/mol. The van der Waals surface area contributed by atoms with E-state index in [2.05, 4.69) is 0 Å². The third-order valence-corrected chi connectivity index (χ3v) is 4.54. The first-order valence-corrected chi connectivity index (χ1v) is 7.38. The fraction of sp³-hybridized carbons (Fsp3) is 0.625. The number of nitrogens with two attached hydrogens (primary N) is 1. The summed E-state index contributed by atoms with van der Waals surface area (Å²) in [7, 11) is 0. The predicted octanol–water partition coefficient (Wildman–Crippen LogP) is 3.26. The van der Waals surface area contributed by atoms with E-state index in [0.717, 1.165) is 30.6 Å². The van der Waals surface area contributed by atoms with Crippen molar-refractivity contribution in [1.29, 1.82) is 0 Å². The zero-order chi connectivity index (χ0) is 14.3. The van der Waals surface area contributed by atoms with Gasteiger partial charge in [0.1, 0.15) is 6.17 Å². The van der Waals surface area contributed by atoms with Crippen LogP contribution in [0.3, 0.4) is 0 Å². The molecule has 20 heavy (non-hydrogen) atoms. The minimum absolute atomic E-state index is 0.0183. The minimum Gasteiger partial charge on any atom is -0.490 e. The fourth-order valence-electron chi connectivity index (χ4n) is 3.09. The van der Waals surface area contributed by atoms with Crippen molar-refractivity contribution in [2.45, 2.75) is 50.7 Å². The smallest absolute Gasteiger partial charge is 0.161 e. The number of benzene rings is 1. The Balaban J connectivity index is 2.10. The van der Waals surface area contributed by atoms with E-state index >= 15 is 0 Å². The van der Waals surface area contributed by atoms with E-state index in [1.54, 1.807) is 6.92 Å². The Morgan fingerprint density at radius 1 is 1.15 bits per heavy atom. The van der Waals surface area contributed by atoms with E-state index in [4.69, 9.17) is 15.2 Å². The fourth-order valence-corrected chi connectivity index (χ4v) is 3.09. The van der Waals surface area contributed by atoms with Crippen molar-refractivity contribution < 1.29 is 13.9 Å². The molecule has 1 heterocycles. The second-order valence-corrected chi connectivity index (χ2v) is 6.00. The Kier molecular flexibility index (Phi) is 3.36. The second kappa shape index (κ2) is 4.92. The highest BCUT2D eigenvalue weighted by Crippen LogP contribution is 2.54. The lowest BCUT2D eigenvalue weighted by Gasteiger charge is -2.25. The van der Waals surface area contributed by atoms with Crippen LogP contribution in [0.4, 0.5) is 4.39 Å². The molecule has 1 aromatic carbocycles. The maximum Gasteiger partial charge on any atom is 0.161 e. The van der Waals surface area contributed by atoms with Crippen molar-refractivity contribution in [2.75, 3.05) is 13.2 Å². The van der Waals surface area contributed by atoms with Crippen LogP contribution in [0.25, 0.3) is 0 Å². The van der Waals surface area contributed by atoms with Gasteiger partial charge in [-0.3, -0.25) is 0 Å².